The third kappa shape index (κ3) is 2.52. The van der Waals surface area contributed by atoms with Crippen LogP contribution in [0.2, 0.25) is 0 Å². The summed E-state index contributed by atoms with van der Waals surface area (Å²) in [5.74, 6) is 1.63. The average Bonchev–Trinajstić information content (AvgIpc) is 2.75. The first-order valence-corrected chi connectivity index (χ1v) is 4.77. The van der Waals surface area contributed by atoms with Gasteiger partial charge in [-0.05, 0) is 24.3 Å². The van der Waals surface area contributed by atoms with Crippen LogP contribution in [0, 0.1) is 12.3 Å². The molecule has 1 aromatic heterocycles. The minimum Gasteiger partial charge on any atom is -0.478 e. The minimum absolute atomic E-state index is 0.293. The molecular formula is C13H11NO3. The first-order valence-electron chi connectivity index (χ1n) is 4.77. The molecule has 0 radical (unpaired) electrons. The Hall–Kier alpha value is -2.54. The number of rotatable bonds is 2. The Morgan fingerprint density at radius 1 is 1.41 bits per heavy atom. The molecule has 2 aromatic rings. The first kappa shape index (κ1) is 12.5. The Morgan fingerprint density at radius 3 is 2.71 bits per heavy atom. The van der Waals surface area contributed by atoms with Gasteiger partial charge < -0.3 is 14.5 Å². The highest BCUT2D eigenvalue weighted by Gasteiger charge is 2.05. The zero-order valence-corrected chi connectivity index (χ0v) is 9.09. The second-order valence-electron chi connectivity index (χ2n) is 3.23. The van der Waals surface area contributed by atoms with E-state index < -0.39 is 5.97 Å². The molecule has 0 aliphatic carbocycles. The maximum Gasteiger partial charge on any atom is 0.335 e. The minimum atomic E-state index is -0.915. The summed E-state index contributed by atoms with van der Waals surface area (Å²) in [6.07, 6.45) is 7.08. The highest BCUT2D eigenvalue weighted by molar-refractivity contribution is 5.93. The van der Waals surface area contributed by atoms with Crippen LogP contribution in [-0.2, 0) is 11.3 Å². The third-order valence-corrected chi connectivity index (χ3v) is 2.28. The van der Waals surface area contributed by atoms with Crippen molar-refractivity contribution in [2.45, 2.75) is 6.54 Å². The predicted molar refractivity (Wildman–Crippen MR) is 64.9 cm³/mol. The van der Waals surface area contributed by atoms with Crippen LogP contribution in [0.3, 0.4) is 0 Å². The lowest BCUT2D eigenvalue weighted by molar-refractivity contribution is -0.0980. The van der Waals surface area contributed by atoms with Crippen molar-refractivity contribution in [1.29, 1.82) is 0 Å². The van der Waals surface area contributed by atoms with Crippen LogP contribution in [0.25, 0.3) is 10.9 Å². The van der Waals surface area contributed by atoms with Crippen molar-refractivity contribution in [1.82, 2.24) is 4.57 Å². The van der Waals surface area contributed by atoms with Crippen molar-refractivity contribution in [2.24, 2.45) is 0 Å². The molecule has 1 heterocycles. The average molecular weight is 229 g/mol. The number of carbonyl (C=O) groups excluding carboxylic acids is 1. The Balaban J connectivity index is 0.000000686. The normalized spacial score (nSPS) is 9.12. The van der Waals surface area contributed by atoms with E-state index in [1.807, 2.05) is 23.6 Å². The maximum atomic E-state index is 10.7. The van der Waals surface area contributed by atoms with Gasteiger partial charge in [0.25, 0.3) is 0 Å². The molecular weight excluding hydrogens is 218 g/mol. The van der Waals surface area contributed by atoms with Gasteiger partial charge in [0, 0.05) is 17.1 Å². The van der Waals surface area contributed by atoms with Gasteiger partial charge in [-0.15, -0.1) is 6.42 Å². The van der Waals surface area contributed by atoms with Crippen LogP contribution < -0.4 is 0 Å². The second kappa shape index (κ2) is 5.52. The van der Waals surface area contributed by atoms with E-state index >= 15 is 0 Å². The fourth-order valence-corrected chi connectivity index (χ4v) is 1.57. The quantitative estimate of drug-likeness (QED) is 0.798. The SMILES string of the molecule is C#CCn1ccc2cc(C(=O)O)ccc21.C=O. The molecule has 1 aromatic carbocycles. The summed E-state index contributed by atoms with van der Waals surface area (Å²) in [6.45, 7) is 2.50. The van der Waals surface area contributed by atoms with Crippen LogP contribution >= 0.6 is 0 Å². The van der Waals surface area contributed by atoms with Crippen molar-refractivity contribution >= 4 is 23.7 Å². The number of carboxylic acids is 1. The molecule has 0 unspecified atom stereocenters. The monoisotopic (exact) mass is 229 g/mol. The largest absolute Gasteiger partial charge is 0.478 e. The van der Waals surface area contributed by atoms with Crippen molar-refractivity contribution in [3.05, 3.63) is 36.0 Å². The van der Waals surface area contributed by atoms with E-state index in [9.17, 15) is 4.79 Å². The topological polar surface area (TPSA) is 59.3 Å². The molecule has 0 saturated heterocycles. The fraction of sp³-hybridized carbons (Fsp3) is 0.0769. The molecule has 0 fully saturated rings. The molecule has 0 spiro atoms. The summed E-state index contributed by atoms with van der Waals surface area (Å²) in [5, 5.41) is 9.71. The fourth-order valence-electron chi connectivity index (χ4n) is 1.57. The number of hydrogen-bond acceptors (Lipinski definition) is 2. The van der Waals surface area contributed by atoms with Crippen LogP contribution in [-0.4, -0.2) is 22.4 Å². The van der Waals surface area contributed by atoms with E-state index in [2.05, 4.69) is 5.92 Å². The number of carboxylic acid groups (broad SMARTS) is 1. The molecule has 17 heavy (non-hydrogen) atoms. The van der Waals surface area contributed by atoms with Gasteiger partial charge in [0.2, 0.25) is 0 Å². The second-order valence-corrected chi connectivity index (χ2v) is 3.23. The number of aromatic nitrogens is 1. The third-order valence-electron chi connectivity index (χ3n) is 2.28. The van der Waals surface area contributed by atoms with Crippen LogP contribution in [0.5, 0.6) is 0 Å². The standard InChI is InChI=1S/C12H9NO2.CH2O/c1-2-6-13-7-5-9-8-10(12(14)15)3-4-11(9)13;1-2/h1,3-5,7-8H,6H2,(H,14,15);1H2. The smallest absolute Gasteiger partial charge is 0.335 e. The lowest BCUT2D eigenvalue weighted by Gasteiger charge is -2.00. The number of carbonyl (C=O) groups is 2. The molecule has 0 saturated carbocycles. The maximum absolute atomic E-state index is 10.7. The molecule has 4 heteroatoms. The summed E-state index contributed by atoms with van der Waals surface area (Å²) < 4.78 is 1.90. The molecule has 4 nitrogen and oxygen atoms in total. The van der Waals surface area contributed by atoms with Crippen LogP contribution in [0.15, 0.2) is 30.5 Å². The van der Waals surface area contributed by atoms with E-state index in [1.165, 1.54) is 0 Å². The number of nitrogens with zero attached hydrogens (tertiary/aromatic N) is 1. The Kier molecular flexibility index (Phi) is 4.07. The lowest BCUT2D eigenvalue weighted by atomic mass is 10.1. The molecule has 0 bridgehead atoms. The van der Waals surface area contributed by atoms with Gasteiger partial charge in [-0.2, -0.15) is 0 Å². The summed E-state index contributed by atoms with van der Waals surface area (Å²) in [6, 6.07) is 6.86. The zero-order chi connectivity index (χ0) is 12.8. The molecule has 0 aliphatic heterocycles. The van der Waals surface area contributed by atoms with Crippen molar-refractivity contribution in [3.63, 3.8) is 0 Å². The number of benzene rings is 1. The highest BCUT2D eigenvalue weighted by atomic mass is 16.4. The van der Waals surface area contributed by atoms with Gasteiger partial charge in [0.15, 0.2) is 0 Å². The summed E-state index contributed by atoms with van der Waals surface area (Å²) in [7, 11) is 0. The van der Waals surface area contributed by atoms with E-state index in [1.54, 1.807) is 18.2 Å². The molecule has 2 rings (SSSR count). The number of aromatic carboxylic acids is 1. The zero-order valence-electron chi connectivity index (χ0n) is 9.09. The van der Waals surface area contributed by atoms with E-state index in [-0.39, 0.29) is 0 Å². The van der Waals surface area contributed by atoms with Crippen molar-refractivity contribution in [3.8, 4) is 12.3 Å². The summed E-state index contributed by atoms with van der Waals surface area (Å²) in [5.41, 5.74) is 1.25. The van der Waals surface area contributed by atoms with Gasteiger partial charge in [-0.25, -0.2) is 4.79 Å². The highest BCUT2D eigenvalue weighted by Crippen LogP contribution is 2.17. The molecule has 86 valence electrons. The van der Waals surface area contributed by atoms with E-state index in [0.717, 1.165) is 10.9 Å². The number of hydrogen-bond donors (Lipinski definition) is 1. The predicted octanol–water partition coefficient (Wildman–Crippen LogP) is 1.79. The first-order chi connectivity index (χ1) is 8.22. The Labute approximate surface area is 98.5 Å². The van der Waals surface area contributed by atoms with E-state index in [4.69, 9.17) is 16.3 Å². The van der Waals surface area contributed by atoms with E-state index in [0.29, 0.717) is 12.1 Å². The molecule has 0 amide bonds. The van der Waals surface area contributed by atoms with Crippen molar-refractivity contribution in [2.75, 3.05) is 0 Å². The van der Waals surface area contributed by atoms with Gasteiger partial charge >= 0.3 is 5.97 Å². The van der Waals surface area contributed by atoms with Crippen molar-refractivity contribution < 1.29 is 14.7 Å². The van der Waals surface area contributed by atoms with Gasteiger partial charge in [0.05, 0.1) is 12.1 Å². The van der Waals surface area contributed by atoms with Crippen LogP contribution in [0.1, 0.15) is 10.4 Å². The number of terminal acetylenes is 1. The van der Waals surface area contributed by atoms with Gasteiger partial charge in [0.1, 0.15) is 6.79 Å². The lowest BCUT2D eigenvalue weighted by Crippen LogP contribution is -1.96. The molecule has 0 aliphatic rings. The Morgan fingerprint density at radius 2 is 2.12 bits per heavy atom. The van der Waals surface area contributed by atoms with Gasteiger partial charge in [-0.1, -0.05) is 5.92 Å². The summed E-state index contributed by atoms with van der Waals surface area (Å²) >= 11 is 0. The molecule has 0 atom stereocenters. The molecule has 1 N–H and O–H groups in total. The summed E-state index contributed by atoms with van der Waals surface area (Å²) in [4.78, 5) is 18.7. The van der Waals surface area contributed by atoms with Crippen LogP contribution in [0.4, 0.5) is 0 Å². The van der Waals surface area contributed by atoms with Gasteiger partial charge in [-0.3, -0.25) is 0 Å². The Bertz CT molecular complexity index is 578. The number of fused-ring (bicyclic) bond motifs is 1.